The molecule has 5 heteroatoms. The molecule has 0 aliphatic heterocycles. The maximum absolute atomic E-state index is 12.0. The highest BCUT2D eigenvalue weighted by atomic mass is 16.5. The van der Waals surface area contributed by atoms with E-state index in [4.69, 9.17) is 4.74 Å². The molecule has 0 spiro atoms. The number of hydrogen-bond acceptors (Lipinski definition) is 3. The van der Waals surface area contributed by atoms with Gasteiger partial charge in [0.1, 0.15) is 5.75 Å². The number of ether oxygens (including phenoxy) is 1. The highest BCUT2D eigenvalue weighted by Crippen LogP contribution is 2.18. The Morgan fingerprint density at radius 1 is 1.00 bits per heavy atom. The lowest BCUT2D eigenvalue weighted by atomic mass is 10.1. The Hall–Kier alpha value is -2.82. The molecule has 0 aliphatic carbocycles. The Morgan fingerprint density at radius 3 is 2.50 bits per heavy atom. The molecule has 2 rings (SSSR count). The van der Waals surface area contributed by atoms with Gasteiger partial charge in [0.2, 0.25) is 0 Å². The fourth-order valence-electron chi connectivity index (χ4n) is 2.37. The van der Waals surface area contributed by atoms with Crippen molar-refractivity contribution in [1.29, 1.82) is 0 Å². The third-order valence-corrected chi connectivity index (χ3v) is 3.93. The molecule has 0 aliphatic rings. The van der Waals surface area contributed by atoms with Crippen molar-refractivity contribution in [1.82, 2.24) is 5.32 Å². The number of carbonyl (C=O) groups is 2. The zero-order valence-electron chi connectivity index (χ0n) is 14.2. The molecule has 2 aromatic carbocycles. The largest absolute Gasteiger partial charge is 0.496 e. The van der Waals surface area contributed by atoms with Crippen LogP contribution in [0.5, 0.6) is 5.75 Å². The van der Waals surface area contributed by atoms with E-state index in [0.29, 0.717) is 18.7 Å². The second-order valence-electron chi connectivity index (χ2n) is 5.52. The Balaban J connectivity index is 1.88. The Bertz CT molecular complexity index is 741. The predicted molar refractivity (Wildman–Crippen MR) is 94.3 cm³/mol. The van der Waals surface area contributed by atoms with E-state index in [9.17, 15) is 9.59 Å². The topological polar surface area (TPSA) is 67.4 Å². The Morgan fingerprint density at radius 2 is 1.75 bits per heavy atom. The number of aryl methyl sites for hydroxylation is 1. The normalized spacial score (nSPS) is 10.1. The van der Waals surface area contributed by atoms with Crippen LogP contribution in [0.25, 0.3) is 0 Å². The smallest absolute Gasteiger partial charge is 0.313 e. The molecule has 0 heterocycles. The minimum atomic E-state index is -0.663. The van der Waals surface area contributed by atoms with E-state index in [2.05, 4.69) is 10.6 Å². The molecule has 126 valence electrons. The van der Waals surface area contributed by atoms with Gasteiger partial charge in [0, 0.05) is 12.2 Å². The van der Waals surface area contributed by atoms with Crippen molar-refractivity contribution in [3.63, 3.8) is 0 Å². The monoisotopic (exact) mass is 326 g/mol. The van der Waals surface area contributed by atoms with Crippen LogP contribution in [0, 0.1) is 13.8 Å². The molecular formula is C19H22N2O3. The first-order valence-corrected chi connectivity index (χ1v) is 7.80. The summed E-state index contributed by atoms with van der Waals surface area (Å²) in [6.07, 6.45) is 0.590. The van der Waals surface area contributed by atoms with E-state index >= 15 is 0 Å². The Labute approximate surface area is 142 Å². The van der Waals surface area contributed by atoms with Crippen LogP contribution in [0.15, 0.2) is 42.5 Å². The van der Waals surface area contributed by atoms with Crippen molar-refractivity contribution in [2.75, 3.05) is 19.0 Å². The van der Waals surface area contributed by atoms with E-state index in [-0.39, 0.29) is 0 Å². The van der Waals surface area contributed by atoms with Gasteiger partial charge in [-0.3, -0.25) is 9.59 Å². The number of para-hydroxylation sites is 1. The number of methoxy groups -OCH3 is 1. The number of carbonyl (C=O) groups excluding carboxylic acids is 2. The summed E-state index contributed by atoms with van der Waals surface area (Å²) in [5.74, 6) is -0.541. The zero-order chi connectivity index (χ0) is 17.5. The van der Waals surface area contributed by atoms with Gasteiger partial charge in [-0.2, -0.15) is 0 Å². The molecule has 0 fully saturated rings. The lowest BCUT2D eigenvalue weighted by Crippen LogP contribution is -2.36. The first-order chi connectivity index (χ1) is 11.5. The van der Waals surface area contributed by atoms with Gasteiger partial charge in [0.15, 0.2) is 0 Å². The van der Waals surface area contributed by atoms with Crippen molar-refractivity contribution in [3.8, 4) is 5.75 Å². The number of anilines is 1. The van der Waals surface area contributed by atoms with Crippen molar-refractivity contribution < 1.29 is 14.3 Å². The van der Waals surface area contributed by atoms with Crippen LogP contribution >= 0.6 is 0 Å². The lowest BCUT2D eigenvalue weighted by molar-refractivity contribution is -0.136. The summed E-state index contributed by atoms with van der Waals surface area (Å²) in [4.78, 5) is 23.9. The highest BCUT2D eigenvalue weighted by Gasteiger charge is 2.14. The van der Waals surface area contributed by atoms with E-state index in [1.54, 1.807) is 13.2 Å². The second kappa shape index (κ2) is 8.15. The van der Waals surface area contributed by atoms with Crippen LogP contribution in [-0.4, -0.2) is 25.5 Å². The molecule has 0 aromatic heterocycles. The van der Waals surface area contributed by atoms with Crippen molar-refractivity contribution in [2.45, 2.75) is 20.3 Å². The quantitative estimate of drug-likeness (QED) is 0.830. The summed E-state index contributed by atoms with van der Waals surface area (Å²) < 4.78 is 5.26. The van der Waals surface area contributed by atoms with Crippen molar-refractivity contribution in [3.05, 3.63) is 59.2 Å². The number of amides is 2. The maximum atomic E-state index is 12.0. The average Bonchev–Trinajstić information content (AvgIpc) is 2.59. The molecule has 0 saturated carbocycles. The first-order valence-electron chi connectivity index (χ1n) is 7.80. The summed E-state index contributed by atoms with van der Waals surface area (Å²) in [6.45, 7) is 4.22. The van der Waals surface area contributed by atoms with Crippen LogP contribution in [-0.2, 0) is 16.0 Å². The third-order valence-electron chi connectivity index (χ3n) is 3.93. The molecule has 2 N–H and O–H groups in total. The molecule has 0 unspecified atom stereocenters. The molecular weight excluding hydrogens is 304 g/mol. The fourth-order valence-corrected chi connectivity index (χ4v) is 2.37. The van der Waals surface area contributed by atoms with E-state index in [1.165, 1.54) is 0 Å². The molecule has 0 radical (unpaired) electrons. The van der Waals surface area contributed by atoms with E-state index < -0.39 is 11.8 Å². The predicted octanol–water partition coefficient (Wildman–Crippen LogP) is 2.61. The molecule has 5 nitrogen and oxygen atoms in total. The first kappa shape index (κ1) is 17.5. The SMILES string of the molecule is COc1ccccc1CCNC(=O)C(=O)Nc1cccc(C)c1C. The van der Waals surface area contributed by atoms with Gasteiger partial charge >= 0.3 is 11.8 Å². The van der Waals surface area contributed by atoms with Gasteiger partial charge < -0.3 is 15.4 Å². The fraction of sp³-hybridized carbons (Fsp3) is 0.263. The van der Waals surface area contributed by atoms with Gasteiger partial charge in [0.25, 0.3) is 0 Å². The zero-order valence-corrected chi connectivity index (χ0v) is 14.2. The molecule has 0 atom stereocenters. The molecule has 2 amide bonds. The van der Waals surface area contributed by atoms with Gasteiger partial charge in [0.05, 0.1) is 7.11 Å². The van der Waals surface area contributed by atoms with E-state index in [1.807, 2.05) is 50.2 Å². The number of nitrogens with one attached hydrogen (secondary N) is 2. The van der Waals surface area contributed by atoms with Gasteiger partial charge in [-0.15, -0.1) is 0 Å². The van der Waals surface area contributed by atoms with Gasteiger partial charge in [-0.05, 0) is 49.1 Å². The Kier molecular flexibility index (Phi) is 5.95. The summed E-state index contributed by atoms with van der Waals surface area (Å²) in [7, 11) is 1.61. The van der Waals surface area contributed by atoms with Crippen molar-refractivity contribution >= 4 is 17.5 Å². The van der Waals surface area contributed by atoms with Crippen LogP contribution in [0.4, 0.5) is 5.69 Å². The van der Waals surface area contributed by atoms with Crippen LogP contribution < -0.4 is 15.4 Å². The minimum absolute atomic E-state index is 0.361. The number of hydrogen-bond donors (Lipinski definition) is 2. The lowest BCUT2D eigenvalue weighted by Gasteiger charge is -2.11. The van der Waals surface area contributed by atoms with E-state index in [0.717, 1.165) is 22.4 Å². The van der Waals surface area contributed by atoms with Gasteiger partial charge in [-0.1, -0.05) is 30.3 Å². The summed E-state index contributed by atoms with van der Waals surface area (Å²) in [5.41, 5.74) is 3.65. The van der Waals surface area contributed by atoms with Crippen LogP contribution in [0.1, 0.15) is 16.7 Å². The van der Waals surface area contributed by atoms with Crippen LogP contribution in [0.2, 0.25) is 0 Å². The van der Waals surface area contributed by atoms with Crippen molar-refractivity contribution in [2.24, 2.45) is 0 Å². The van der Waals surface area contributed by atoms with Crippen LogP contribution in [0.3, 0.4) is 0 Å². The molecule has 0 bridgehead atoms. The second-order valence-corrected chi connectivity index (χ2v) is 5.52. The summed E-state index contributed by atoms with van der Waals surface area (Å²) in [6, 6.07) is 13.2. The standard InChI is InChI=1S/C19H22N2O3/c1-13-7-6-9-16(14(13)2)21-19(23)18(22)20-12-11-15-8-4-5-10-17(15)24-3/h4-10H,11-12H2,1-3H3,(H,20,22)(H,21,23). The number of rotatable bonds is 5. The third kappa shape index (κ3) is 4.35. The summed E-state index contributed by atoms with van der Waals surface area (Å²) in [5, 5.41) is 5.28. The molecule has 0 saturated heterocycles. The van der Waals surface area contributed by atoms with Gasteiger partial charge in [-0.25, -0.2) is 0 Å². The maximum Gasteiger partial charge on any atom is 0.313 e. The summed E-state index contributed by atoms with van der Waals surface area (Å²) >= 11 is 0. The minimum Gasteiger partial charge on any atom is -0.496 e. The average molecular weight is 326 g/mol. The highest BCUT2D eigenvalue weighted by molar-refractivity contribution is 6.39. The number of benzene rings is 2. The molecule has 2 aromatic rings. The molecule has 24 heavy (non-hydrogen) atoms.